The Balaban J connectivity index is 1.98. The average Bonchev–Trinajstić information content (AvgIpc) is 2.49. The van der Waals surface area contributed by atoms with E-state index in [2.05, 4.69) is 31.4 Å². The fourth-order valence-electron chi connectivity index (χ4n) is 2.90. The van der Waals surface area contributed by atoms with Crippen molar-refractivity contribution in [3.8, 4) is 0 Å². The zero-order valence-electron chi connectivity index (χ0n) is 14.1. The van der Waals surface area contributed by atoms with Gasteiger partial charge in [0.2, 0.25) is 0 Å². The lowest BCUT2D eigenvalue weighted by atomic mass is 9.86. The minimum atomic E-state index is -0.646. The van der Waals surface area contributed by atoms with Crippen LogP contribution >= 0.6 is 0 Å². The van der Waals surface area contributed by atoms with E-state index in [9.17, 15) is 14.7 Å². The van der Waals surface area contributed by atoms with E-state index in [0.717, 1.165) is 5.56 Å². The van der Waals surface area contributed by atoms with Gasteiger partial charge in [-0.1, -0.05) is 39.0 Å². The smallest absolute Gasteiger partial charge is 0.313 e. The zero-order chi connectivity index (χ0) is 17.0. The highest BCUT2D eigenvalue weighted by Gasteiger charge is 2.25. The van der Waals surface area contributed by atoms with Crippen LogP contribution < -0.4 is 10.6 Å². The third-order valence-electron chi connectivity index (χ3n) is 4.22. The standard InChI is InChI=1S/C18H26N2O3/c1-18(2,3)14-6-4-5-7-15(14)20-17(23)16(22)19-12-8-10-13(21)11-9-12/h4-7,12-13,21H,8-11H2,1-3H3,(H,19,22)(H,20,23). The third kappa shape index (κ3) is 4.79. The monoisotopic (exact) mass is 318 g/mol. The number of hydrogen-bond donors (Lipinski definition) is 3. The Morgan fingerprint density at radius 2 is 1.65 bits per heavy atom. The van der Waals surface area contributed by atoms with Crippen LogP contribution in [0.5, 0.6) is 0 Å². The number of carbonyl (C=O) groups excluding carboxylic acids is 2. The third-order valence-corrected chi connectivity index (χ3v) is 4.22. The van der Waals surface area contributed by atoms with Crippen LogP contribution in [0.1, 0.15) is 52.0 Å². The fourth-order valence-corrected chi connectivity index (χ4v) is 2.90. The van der Waals surface area contributed by atoms with E-state index >= 15 is 0 Å². The number of amides is 2. The minimum Gasteiger partial charge on any atom is -0.393 e. The van der Waals surface area contributed by atoms with Crippen molar-refractivity contribution in [2.45, 2.75) is 64.0 Å². The normalized spacial score (nSPS) is 21.6. The Morgan fingerprint density at radius 1 is 1.04 bits per heavy atom. The fraction of sp³-hybridized carbons (Fsp3) is 0.556. The summed E-state index contributed by atoms with van der Waals surface area (Å²) in [4.78, 5) is 24.2. The average molecular weight is 318 g/mol. The highest BCUT2D eigenvalue weighted by atomic mass is 16.3. The molecule has 0 aliphatic heterocycles. The molecule has 0 saturated heterocycles. The number of carbonyl (C=O) groups is 2. The van der Waals surface area contributed by atoms with Crippen molar-refractivity contribution < 1.29 is 14.7 Å². The number of benzene rings is 1. The number of anilines is 1. The molecule has 0 radical (unpaired) electrons. The quantitative estimate of drug-likeness (QED) is 0.732. The first-order valence-corrected chi connectivity index (χ1v) is 8.17. The molecule has 1 saturated carbocycles. The first-order valence-electron chi connectivity index (χ1n) is 8.17. The minimum absolute atomic E-state index is 0.0329. The van der Waals surface area contributed by atoms with Crippen molar-refractivity contribution in [2.75, 3.05) is 5.32 Å². The van der Waals surface area contributed by atoms with Gasteiger partial charge in [-0.3, -0.25) is 9.59 Å². The lowest BCUT2D eigenvalue weighted by molar-refractivity contribution is -0.136. The van der Waals surface area contributed by atoms with E-state index in [1.165, 1.54) is 0 Å². The van der Waals surface area contributed by atoms with Gasteiger partial charge in [0.05, 0.1) is 6.10 Å². The topological polar surface area (TPSA) is 78.4 Å². The molecular weight excluding hydrogens is 292 g/mol. The Bertz CT molecular complexity index is 570. The van der Waals surface area contributed by atoms with Crippen LogP contribution in [0.3, 0.4) is 0 Å². The van der Waals surface area contributed by atoms with Gasteiger partial charge < -0.3 is 15.7 Å². The molecule has 5 heteroatoms. The van der Waals surface area contributed by atoms with Crippen molar-refractivity contribution in [3.05, 3.63) is 29.8 Å². The molecule has 3 N–H and O–H groups in total. The Hall–Kier alpha value is -1.88. The van der Waals surface area contributed by atoms with Gasteiger partial charge in [0.1, 0.15) is 0 Å². The number of aliphatic hydroxyl groups is 1. The maximum absolute atomic E-state index is 12.2. The molecule has 1 aromatic rings. The van der Waals surface area contributed by atoms with Crippen molar-refractivity contribution in [1.82, 2.24) is 5.32 Å². The lowest BCUT2D eigenvalue weighted by Gasteiger charge is -2.26. The number of nitrogens with one attached hydrogen (secondary N) is 2. The van der Waals surface area contributed by atoms with E-state index in [1.54, 1.807) is 0 Å². The molecule has 2 rings (SSSR count). The molecule has 0 spiro atoms. The van der Waals surface area contributed by atoms with E-state index < -0.39 is 11.8 Å². The first kappa shape index (κ1) is 17.5. The highest BCUT2D eigenvalue weighted by molar-refractivity contribution is 6.39. The van der Waals surface area contributed by atoms with Crippen LogP contribution in [0.15, 0.2) is 24.3 Å². The lowest BCUT2D eigenvalue weighted by Crippen LogP contribution is -2.44. The summed E-state index contributed by atoms with van der Waals surface area (Å²) in [6.45, 7) is 6.18. The van der Waals surface area contributed by atoms with Gasteiger partial charge in [-0.2, -0.15) is 0 Å². The van der Waals surface area contributed by atoms with Gasteiger partial charge >= 0.3 is 11.8 Å². The summed E-state index contributed by atoms with van der Waals surface area (Å²) in [6.07, 6.45) is 2.46. The molecule has 23 heavy (non-hydrogen) atoms. The zero-order valence-corrected chi connectivity index (χ0v) is 14.1. The molecule has 0 bridgehead atoms. The Morgan fingerprint density at radius 3 is 2.26 bits per heavy atom. The number of hydrogen-bond acceptors (Lipinski definition) is 3. The van der Waals surface area contributed by atoms with Crippen molar-refractivity contribution in [1.29, 1.82) is 0 Å². The SMILES string of the molecule is CC(C)(C)c1ccccc1NC(=O)C(=O)NC1CCC(O)CC1. The van der Waals surface area contributed by atoms with Crippen LogP contribution in [0.2, 0.25) is 0 Å². The maximum atomic E-state index is 12.2. The number of aliphatic hydroxyl groups excluding tert-OH is 1. The molecule has 0 atom stereocenters. The Kier molecular flexibility index (Phi) is 5.42. The van der Waals surface area contributed by atoms with Gasteiger partial charge in [0.15, 0.2) is 0 Å². The highest BCUT2D eigenvalue weighted by Crippen LogP contribution is 2.29. The van der Waals surface area contributed by atoms with E-state index in [4.69, 9.17) is 0 Å². The van der Waals surface area contributed by atoms with E-state index in [1.807, 2.05) is 24.3 Å². The first-order chi connectivity index (χ1) is 10.8. The van der Waals surface area contributed by atoms with E-state index in [-0.39, 0.29) is 17.6 Å². The predicted molar refractivity (Wildman–Crippen MR) is 90.2 cm³/mol. The molecule has 2 amide bonds. The van der Waals surface area contributed by atoms with Gasteiger partial charge in [-0.15, -0.1) is 0 Å². The van der Waals surface area contributed by atoms with Crippen LogP contribution in [0, 0.1) is 0 Å². The van der Waals surface area contributed by atoms with Crippen LogP contribution in [0.25, 0.3) is 0 Å². The van der Waals surface area contributed by atoms with Gasteiger partial charge in [-0.05, 0) is 42.7 Å². The number of para-hydroxylation sites is 1. The summed E-state index contributed by atoms with van der Waals surface area (Å²) >= 11 is 0. The summed E-state index contributed by atoms with van der Waals surface area (Å²) < 4.78 is 0. The summed E-state index contributed by atoms with van der Waals surface area (Å²) in [5.74, 6) is -1.26. The molecular formula is C18H26N2O3. The summed E-state index contributed by atoms with van der Waals surface area (Å²) in [5, 5.41) is 15.0. The largest absolute Gasteiger partial charge is 0.393 e. The summed E-state index contributed by atoms with van der Waals surface area (Å²) in [7, 11) is 0. The molecule has 126 valence electrons. The van der Waals surface area contributed by atoms with E-state index in [0.29, 0.717) is 31.4 Å². The van der Waals surface area contributed by atoms with Crippen LogP contribution in [-0.4, -0.2) is 29.1 Å². The summed E-state index contributed by atoms with van der Waals surface area (Å²) in [5.41, 5.74) is 1.53. The molecule has 1 aliphatic carbocycles. The molecule has 0 unspecified atom stereocenters. The van der Waals surface area contributed by atoms with Crippen molar-refractivity contribution >= 4 is 17.5 Å². The summed E-state index contributed by atoms with van der Waals surface area (Å²) in [6, 6.07) is 7.49. The van der Waals surface area contributed by atoms with Gasteiger partial charge in [-0.25, -0.2) is 0 Å². The molecule has 5 nitrogen and oxygen atoms in total. The van der Waals surface area contributed by atoms with Gasteiger partial charge in [0, 0.05) is 11.7 Å². The van der Waals surface area contributed by atoms with Crippen molar-refractivity contribution in [2.24, 2.45) is 0 Å². The molecule has 1 aromatic carbocycles. The van der Waals surface area contributed by atoms with Crippen LogP contribution in [0.4, 0.5) is 5.69 Å². The molecule has 0 heterocycles. The molecule has 0 aromatic heterocycles. The predicted octanol–water partition coefficient (Wildman–Crippen LogP) is 2.34. The second-order valence-corrected chi connectivity index (χ2v) is 7.23. The van der Waals surface area contributed by atoms with Crippen LogP contribution in [-0.2, 0) is 15.0 Å². The van der Waals surface area contributed by atoms with Crippen molar-refractivity contribution in [3.63, 3.8) is 0 Å². The molecule has 1 fully saturated rings. The number of rotatable bonds is 2. The maximum Gasteiger partial charge on any atom is 0.313 e. The Labute approximate surface area is 137 Å². The second-order valence-electron chi connectivity index (χ2n) is 7.23. The van der Waals surface area contributed by atoms with Gasteiger partial charge in [0.25, 0.3) is 0 Å². The molecule has 1 aliphatic rings. The second kappa shape index (κ2) is 7.13.